The van der Waals surface area contributed by atoms with E-state index >= 15 is 0 Å². The molecule has 0 aliphatic carbocycles. The third-order valence-electron chi connectivity index (χ3n) is 2.66. The minimum atomic E-state index is -0.577. The molecule has 1 rings (SSSR count). The maximum absolute atomic E-state index is 11.5. The van der Waals surface area contributed by atoms with Gasteiger partial charge in [-0.05, 0) is 12.5 Å². The van der Waals surface area contributed by atoms with E-state index in [2.05, 4.69) is 14.8 Å². The minimum absolute atomic E-state index is 0.352. The van der Waals surface area contributed by atoms with Crippen molar-refractivity contribution in [1.29, 1.82) is 0 Å². The van der Waals surface area contributed by atoms with Crippen molar-refractivity contribution in [3.8, 4) is 0 Å². The molecule has 1 fully saturated rings. The summed E-state index contributed by atoms with van der Waals surface area (Å²) in [7, 11) is 2.80. The Labute approximate surface area is 93.3 Å². The molecule has 16 heavy (non-hydrogen) atoms. The summed E-state index contributed by atoms with van der Waals surface area (Å²) in [6, 6.07) is -0.494. The van der Waals surface area contributed by atoms with Gasteiger partial charge in [-0.15, -0.1) is 0 Å². The van der Waals surface area contributed by atoms with E-state index in [-0.39, 0.29) is 0 Å². The average molecular weight is 229 g/mol. The summed E-state index contributed by atoms with van der Waals surface area (Å²) in [5.41, 5.74) is 8.46. The Bertz CT molecular complexity index is 303. The molecule has 0 bridgehead atoms. The van der Waals surface area contributed by atoms with E-state index in [0.29, 0.717) is 6.42 Å². The fraction of sp³-hybridized carbons (Fsp3) is 0.889. The number of ether oxygens (including phenoxy) is 3. The van der Waals surface area contributed by atoms with Crippen LogP contribution in [0.1, 0.15) is 13.3 Å². The number of hydrogen-bond donors (Lipinski definition) is 0. The fourth-order valence-electron chi connectivity index (χ4n) is 1.86. The number of azide groups is 1. The molecule has 0 aromatic rings. The second-order valence-electron chi connectivity index (χ2n) is 3.56. The van der Waals surface area contributed by atoms with Gasteiger partial charge in [0.05, 0.1) is 25.2 Å². The van der Waals surface area contributed by atoms with Gasteiger partial charge in [0.15, 0.2) is 6.29 Å². The van der Waals surface area contributed by atoms with E-state index in [1.54, 1.807) is 6.92 Å². The molecule has 1 aliphatic heterocycles. The van der Waals surface area contributed by atoms with E-state index in [1.807, 2.05) is 0 Å². The van der Waals surface area contributed by atoms with Gasteiger partial charge in [-0.2, -0.15) is 0 Å². The normalized spacial score (nSPS) is 33.9. The number of methoxy groups -OCH3 is 2. The average Bonchev–Trinajstić information content (AvgIpc) is 2.28. The zero-order valence-corrected chi connectivity index (χ0v) is 9.49. The first-order valence-electron chi connectivity index (χ1n) is 4.94. The number of carbonyl (C=O) groups excluding carboxylic acids is 1. The summed E-state index contributed by atoms with van der Waals surface area (Å²) >= 11 is 0. The monoisotopic (exact) mass is 229 g/mol. The van der Waals surface area contributed by atoms with Crippen LogP contribution < -0.4 is 0 Å². The quantitative estimate of drug-likeness (QED) is 0.315. The molecule has 0 unspecified atom stereocenters. The van der Waals surface area contributed by atoms with Gasteiger partial charge >= 0.3 is 5.97 Å². The van der Waals surface area contributed by atoms with Crippen LogP contribution in [-0.2, 0) is 19.0 Å². The Morgan fingerprint density at radius 3 is 2.75 bits per heavy atom. The van der Waals surface area contributed by atoms with Crippen molar-refractivity contribution >= 4 is 5.97 Å². The lowest BCUT2D eigenvalue weighted by Gasteiger charge is -2.36. The van der Waals surface area contributed by atoms with Crippen molar-refractivity contribution < 1.29 is 19.0 Å². The highest BCUT2D eigenvalue weighted by Gasteiger charge is 2.41. The molecule has 0 N–H and O–H groups in total. The summed E-state index contributed by atoms with van der Waals surface area (Å²) < 4.78 is 15.1. The molecule has 0 aromatic heterocycles. The van der Waals surface area contributed by atoms with Crippen LogP contribution in [0.5, 0.6) is 0 Å². The molecule has 1 aliphatic rings. The highest BCUT2D eigenvalue weighted by Crippen LogP contribution is 2.29. The molecule has 7 heteroatoms. The lowest BCUT2D eigenvalue weighted by Crippen LogP contribution is -2.46. The standard InChI is InChI=1S/C9H15N3O4/c1-5-8(9(13)15-3)6(11-12-10)4-7(14-2)16-5/h5-8H,4H2,1-3H3/t5-,6-,7+,8-/m1/s1. The van der Waals surface area contributed by atoms with Crippen LogP contribution >= 0.6 is 0 Å². The first-order chi connectivity index (χ1) is 7.63. The van der Waals surface area contributed by atoms with Crippen molar-refractivity contribution in [2.24, 2.45) is 11.0 Å². The molecule has 0 saturated carbocycles. The van der Waals surface area contributed by atoms with Gasteiger partial charge in [-0.3, -0.25) is 4.79 Å². The van der Waals surface area contributed by atoms with Crippen molar-refractivity contribution in [2.75, 3.05) is 14.2 Å². The number of nitrogens with zero attached hydrogens (tertiary/aromatic N) is 3. The number of esters is 1. The van der Waals surface area contributed by atoms with Gasteiger partial charge in [0, 0.05) is 18.4 Å². The number of rotatable bonds is 3. The molecule has 0 aromatic carbocycles. The molecule has 90 valence electrons. The molecule has 0 spiro atoms. The minimum Gasteiger partial charge on any atom is -0.469 e. The van der Waals surface area contributed by atoms with Crippen molar-refractivity contribution in [1.82, 2.24) is 0 Å². The summed E-state index contributed by atoms with van der Waals surface area (Å²) in [6.07, 6.45) is -0.502. The second-order valence-corrected chi connectivity index (χ2v) is 3.56. The van der Waals surface area contributed by atoms with Crippen LogP contribution in [0, 0.1) is 5.92 Å². The summed E-state index contributed by atoms with van der Waals surface area (Å²) in [4.78, 5) is 14.3. The van der Waals surface area contributed by atoms with Crippen LogP contribution in [0.25, 0.3) is 10.4 Å². The maximum atomic E-state index is 11.5. The maximum Gasteiger partial charge on any atom is 0.311 e. The summed E-state index contributed by atoms with van der Waals surface area (Å²) in [5.74, 6) is -1.01. The molecule has 1 saturated heterocycles. The van der Waals surface area contributed by atoms with Gasteiger partial charge in [0.2, 0.25) is 0 Å². The summed E-state index contributed by atoms with van der Waals surface area (Å²) in [6.45, 7) is 1.73. The van der Waals surface area contributed by atoms with E-state index in [4.69, 9.17) is 15.0 Å². The third kappa shape index (κ3) is 2.63. The molecule has 0 amide bonds. The third-order valence-corrected chi connectivity index (χ3v) is 2.66. The molecular weight excluding hydrogens is 214 g/mol. The van der Waals surface area contributed by atoms with Crippen molar-refractivity contribution in [3.05, 3.63) is 10.4 Å². The Kier molecular flexibility index (Phi) is 4.54. The Morgan fingerprint density at radius 2 is 2.25 bits per heavy atom. The lowest BCUT2D eigenvalue weighted by atomic mass is 9.90. The van der Waals surface area contributed by atoms with Gasteiger partial charge < -0.3 is 14.2 Å². The van der Waals surface area contributed by atoms with Gasteiger partial charge in [-0.1, -0.05) is 5.11 Å². The number of hydrogen-bond acceptors (Lipinski definition) is 5. The van der Waals surface area contributed by atoms with E-state index in [1.165, 1.54) is 14.2 Å². The smallest absolute Gasteiger partial charge is 0.311 e. The van der Waals surface area contributed by atoms with E-state index in [9.17, 15) is 4.79 Å². The first kappa shape index (κ1) is 12.8. The highest BCUT2D eigenvalue weighted by atomic mass is 16.7. The summed E-state index contributed by atoms with van der Waals surface area (Å²) in [5, 5.41) is 3.60. The Hall–Kier alpha value is -1.30. The van der Waals surface area contributed by atoms with Crippen LogP contribution in [0.15, 0.2) is 5.11 Å². The van der Waals surface area contributed by atoms with Crippen LogP contribution in [0.2, 0.25) is 0 Å². The van der Waals surface area contributed by atoms with Gasteiger partial charge in [0.25, 0.3) is 0 Å². The van der Waals surface area contributed by atoms with Gasteiger partial charge in [0.1, 0.15) is 0 Å². The first-order valence-corrected chi connectivity index (χ1v) is 4.94. The number of carbonyl (C=O) groups is 1. The van der Waals surface area contributed by atoms with Crippen molar-refractivity contribution in [3.63, 3.8) is 0 Å². The fourth-order valence-corrected chi connectivity index (χ4v) is 1.86. The molecule has 0 radical (unpaired) electrons. The highest BCUT2D eigenvalue weighted by molar-refractivity contribution is 5.74. The zero-order valence-electron chi connectivity index (χ0n) is 9.49. The second kappa shape index (κ2) is 5.69. The predicted octanol–water partition coefficient (Wildman–Crippen LogP) is 1.24. The van der Waals surface area contributed by atoms with Crippen LogP contribution in [0.4, 0.5) is 0 Å². The van der Waals surface area contributed by atoms with E-state index < -0.39 is 30.3 Å². The molecule has 4 atom stereocenters. The van der Waals surface area contributed by atoms with E-state index in [0.717, 1.165) is 0 Å². The van der Waals surface area contributed by atoms with Crippen LogP contribution in [0.3, 0.4) is 0 Å². The predicted molar refractivity (Wildman–Crippen MR) is 54.4 cm³/mol. The Balaban J connectivity index is 2.86. The van der Waals surface area contributed by atoms with Crippen LogP contribution in [-0.4, -0.2) is 38.6 Å². The molecule has 7 nitrogen and oxygen atoms in total. The van der Waals surface area contributed by atoms with Crippen molar-refractivity contribution in [2.45, 2.75) is 31.8 Å². The zero-order chi connectivity index (χ0) is 12.1. The molecular formula is C9H15N3O4. The largest absolute Gasteiger partial charge is 0.469 e. The SMILES string of the molecule is COC(=O)[C@H]1[C@H](N=[N+]=[N-])C[C@@H](OC)O[C@@H]1C. The topological polar surface area (TPSA) is 93.5 Å². The Morgan fingerprint density at radius 1 is 1.56 bits per heavy atom. The van der Waals surface area contributed by atoms with Gasteiger partial charge in [-0.25, -0.2) is 0 Å². The molecule has 1 heterocycles. The lowest BCUT2D eigenvalue weighted by molar-refractivity contribution is -0.205.